The first-order chi connectivity index (χ1) is 6.09. The largest absolute Gasteiger partial charge is 0.310 e. The van der Waals surface area contributed by atoms with E-state index in [1.807, 2.05) is 18.2 Å². The molecule has 1 nitrogen and oxygen atoms in total. The molecular weight excluding hydrogens is 296 g/mol. The molecule has 0 heterocycles. The average Bonchev–Trinajstić information content (AvgIpc) is 2.06. The van der Waals surface area contributed by atoms with Crippen molar-refractivity contribution in [2.24, 2.45) is 0 Å². The molecule has 13 heavy (non-hydrogen) atoms. The van der Waals surface area contributed by atoms with E-state index in [0.717, 1.165) is 11.6 Å². The van der Waals surface area contributed by atoms with E-state index >= 15 is 0 Å². The lowest BCUT2D eigenvalue weighted by Crippen LogP contribution is -2.22. The maximum absolute atomic E-state index is 5.90. The van der Waals surface area contributed by atoms with Gasteiger partial charge in [0, 0.05) is 21.2 Å². The molecule has 1 aromatic rings. The normalized spacial score (nSPS) is 10.8. The zero-order valence-electron chi connectivity index (χ0n) is 7.77. The molecule has 0 spiro atoms. The van der Waals surface area contributed by atoms with E-state index in [0.29, 0.717) is 6.04 Å². The Morgan fingerprint density at radius 1 is 1.46 bits per heavy atom. The van der Waals surface area contributed by atoms with Crippen LogP contribution in [0.2, 0.25) is 5.02 Å². The van der Waals surface area contributed by atoms with Crippen molar-refractivity contribution >= 4 is 34.2 Å². The van der Waals surface area contributed by atoms with Gasteiger partial charge >= 0.3 is 0 Å². The third-order valence-corrected chi connectivity index (χ3v) is 3.00. The van der Waals surface area contributed by atoms with Crippen molar-refractivity contribution in [3.05, 3.63) is 32.4 Å². The Kier molecular flexibility index (Phi) is 4.49. The van der Waals surface area contributed by atoms with Crippen molar-refractivity contribution in [1.29, 1.82) is 0 Å². The van der Waals surface area contributed by atoms with Crippen molar-refractivity contribution in [3.8, 4) is 0 Å². The van der Waals surface area contributed by atoms with Crippen LogP contribution in [0.3, 0.4) is 0 Å². The maximum Gasteiger partial charge on any atom is 0.0409 e. The zero-order valence-corrected chi connectivity index (χ0v) is 10.7. The Bertz CT molecular complexity index is 286. The predicted octanol–water partition coefficient (Wildman–Crippen LogP) is 3.44. The van der Waals surface area contributed by atoms with Crippen molar-refractivity contribution in [3.63, 3.8) is 0 Å². The molecule has 1 N–H and O–H groups in total. The first-order valence-corrected chi connectivity index (χ1v) is 5.72. The van der Waals surface area contributed by atoms with Gasteiger partial charge in [-0.05, 0) is 46.4 Å². The monoisotopic (exact) mass is 309 g/mol. The lowest BCUT2D eigenvalue weighted by Gasteiger charge is -2.09. The van der Waals surface area contributed by atoms with E-state index in [4.69, 9.17) is 11.6 Å². The van der Waals surface area contributed by atoms with E-state index in [1.54, 1.807) is 0 Å². The van der Waals surface area contributed by atoms with Gasteiger partial charge in [-0.1, -0.05) is 25.4 Å². The van der Waals surface area contributed by atoms with Crippen molar-refractivity contribution < 1.29 is 0 Å². The number of hydrogen-bond acceptors (Lipinski definition) is 1. The van der Waals surface area contributed by atoms with Crippen LogP contribution in [-0.2, 0) is 6.54 Å². The Labute approximate surface area is 98.0 Å². The number of benzene rings is 1. The first kappa shape index (κ1) is 11.3. The second-order valence-electron chi connectivity index (χ2n) is 3.27. The highest BCUT2D eigenvalue weighted by molar-refractivity contribution is 14.1. The van der Waals surface area contributed by atoms with E-state index in [9.17, 15) is 0 Å². The van der Waals surface area contributed by atoms with E-state index < -0.39 is 0 Å². The van der Waals surface area contributed by atoms with Gasteiger partial charge in [0.2, 0.25) is 0 Å². The summed E-state index contributed by atoms with van der Waals surface area (Å²) in [4.78, 5) is 0. The van der Waals surface area contributed by atoms with Crippen LogP contribution >= 0.6 is 34.2 Å². The summed E-state index contributed by atoms with van der Waals surface area (Å²) in [6.07, 6.45) is 0. The van der Waals surface area contributed by atoms with Crippen LogP contribution in [0, 0.1) is 3.57 Å². The molecule has 0 aliphatic carbocycles. The molecule has 0 aromatic heterocycles. The van der Waals surface area contributed by atoms with Crippen LogP contribution in [0.5, 0.6) is 0 Å². The standard InChI is InChI=1S/C10H13ClIN/c1-7(2)13-6-8-5-9(11)3-4-10(8)12/h3-5,7,13H,6H2,1-2H3. The fourth-order valence-electron chi connectivity index (χ4n) is 0.993. The molecule has 3 heteroatoms. The third kappa shape index (κ3) is 3.83. The van der Waals surface area contributed by atoms with Crippen LogP contribution in [0.15, 0.2) is 18.2 Å². The molecule has 1 rings (SSSR count). The van der Waals surface area contributed by atoms with E-state index in [2.05, 4.69) is 41.8 Å². The minimum atomic E-state index is 0.509. The van der Waals surface area contributed by atoms with Crippen molar-refractivity contribution in [2.45, 2.75) is 26.4 Å². The minimum absolute atomic E-state index is 0.509. The molecule has 0 bridgehead atoms. The quantitative estimate of drug-likeness (QED) is 0.843. The fourth-order valence-corrected chi connectivity index (χ4v) is 1.71. The van der Waals surface area contributed by atoms with Gasteiger partial charge < -0.3 is 5.32 Å². The van der Waals surface area contributed by atoms with Crippen LogP contribution in [0.1, 0.15) is 19.4 Å². The highest BCUT2D eigenvalue weighted by atomic mass is 127. The lowest BCUT2D eigenvalue weighted by atomic mass is 10.2. The minimum Gasteiger partial charge on any atom is -0.310 e. The Morgan fingerprint density at radius 3 is 2.77 bits per heavy atom. The lowest BCUT2D eigenvalue weighted by molar-refractivity contribution is 0.588. The van der Waals surface area contributed by atoms with Crippen LogP contribution in [0.25, 0.3) is 0 Å². The second kappa shape index (κ2) is 5.17. The highest BCUT2D eigenvalue weighted by Gasteiger charge is 2.01. The summed E-state index contributed by atoms with van der Waals surface area (Å²) in [6, 6.07) is 6.48. The molecular formula is C10H13ClIN. The van der Waals surface area contributed by atoms with E-state index in [1.165, 1.54) is 9.13 Å². The topological polar surface area (TPSA) is 12.0 Å². The SMILES string of the molecule is CC(C)NCc1cc(Cl)ccc1I. The Balaban J connectivity index is 2.70. The molecule has 0 unspecified atom stereocenters. The molecule has 0 aliphatic rings. The number of halogens is 2. The summed E-state index contributed by atoms with van der Waals surface area (Å²) < 4.78 is 1.26. The van der Waals surface area contributed by atoms with Gasteiger partial charge in [-0.2, -0.15) is 0 Å². The Hall–Kier alpha value is 0.200. The molecule has 0 amide bonds. The van der Waals surface area contributed by atoms with Gasteiger partial charge in [-0.3, -0.25) is 0 Å². The molecule has 0 saturated carbocycles. The van der Waals surface area contributed by atoms with Gasteiger partial charge in [0.25, 0.3) is 0 Å². The van der Waals surface area contributed by atoms with Gasteiger partial charge in [-0.15, -0.1) is 0 Å². The summed E-state index contributed by atoms with van der Waals surface area (Å²) in [7, 11) is 0. The summed E-state index contributed by atoms with van der Waals surface area (Å²) in [5, 5.41) is 4.17. The highest BCUT2D eigenvalue weighted by Crippen LogP contribution is 2.17. The third-order valence-electron chi connectivity index (χ3n) is 1.71. The van der Waals surface area contributed by atoms with Gasteiger partial charge in [0.1, 0.15) is 0 Å². The fraction of sp³-hybridized carbons (Fsp3) is 0.400. The van der Waals surface area contributed by atoms with Crippen molar-refractivity contribution in [1.82, 2.24) is 5.32 Å². The van der Waals surface area contributed by atoms with Crippen LogP contribution in [0.4, 0.5) is 0 Å². The smallest absolute Gasteiger partial charge is 0.0409 e. The molecule has 0 fully saturated rings. The summed E-state index contributed by atoms with van der Waals surface area (Å²) in [5.74, 6) is 0. The zero-order chi connectivity index (χ0) is 9.84. The average molecular weight is 310 g/mol. The Morgan fingerprint density at radius 2 is 2.15 bits per heavy atom. The van der Waals surface area contributed by atoms with Crippen molar-refractivity contribution in [2.75, 3.05) is 0 Å². The van der Waals surface area contributed by atoms with Gasteiger partial charge in [0.15, 0.2) is 0 Å². The summed E-state index contributed by atoms with van der Waals surface area (Å²) in [5.41, 5.74) is 1.27. The first-order valence-electron chi connectivity index (χ1n) is 4.27. The molecule has 0 atom stereocenters. The van der Waals surface area contributed by atoms with Crippen LogP contribution in [-0.4, -0.2) is 6.04 Å². The van der Waals surface area contributed by atoms with Gasteiger partial charge in [0.05, 0.1) is 0 Å². The molecule has 0 saturated heterocycles. The molecule has 72 valence electrons. The van der Waals surface area contributed by atoms with E-state index in [-0.39, 0.29) is 0 Å². The number of rotatable bonds is 3. The molecule has 1 aromatic carbocycles. The van der Waals surface area contributed by atoms with Gasteiger partial charge in [-0.25, -0.2) is 0 Å². The number of nitrogens with one attached hydrogen (secondary N) is 1. The maximum atomic E-state index is 5.90. The second-order valence-corrected chi connectivity index (χ2v) is 4.87. The summed E-state index contributed by atoms with van der Waals surface area (Å²) in [6.45, 7) is 5.16. The predicted molar refractivity (Wildman–Crippen MR) is 66.1 cm³/mol. The number of hydrogen-bond donors (Lipinski definition) is 1. The molecule has 0 radical (unpaired) electrons. The summed E-state index contributed by atoms with van der Waals surface area (Å²) >= 11 is 8.23. The van der Waals surface area contributed by atoms with Crippen LogP contribution < -0.4 is 5.32 Å². The molecule has 0 aliphatic heterocycles.